The van der Waals surface area contributed by atoms with Gasteiger partial charge in [-0.3, -0.25) is 9.36 Å². The van der Waals surface area contributed by atoms with Gasteiger partial charge in [0.1, 0.15) is 13.2 Å². The monoisotopic (exact) mass is 731 g/mol. The molecule has 0 aromatic heterocycles. The van der Waals surface area contributed by atoms with Gasteiger partial charge in [-0.2, -0.15) is 0 Å². The third-order valence-electron chi connectivity index (χ3n) is 9.50. The average Bonchev–Trinajstić information content (AvgIpc) is 3.06. The molecule has 0 bridgehead atoms. The molecule has 0 rings (SSSR count). The third-order valence-corrected chi connectivity index (χ3v) is 10.5. The normalized spacial score (nSPS) is 14.6. The van der Waals surface area contributed by atoms with E-state index >= 15 is 0 Å². The van der Waals surface area contributed by atoms with Gasteiger partial charge in [0.15, 0.2) is 0 Å². The van der Waals surface area contributed by atoms with Crippen molar-refractivity contribution >= 4 is 13.7 Å². The van der Waals surface area contributed by atoms with Crippen LogP contribution in [0.4, 0.5) is 0 Å². The molecule has 0 heterocycles. The van der Waals surface area contributed by atoms with Gasteiger partial charge in [-0.15, -0.1) is 0 Å². The van der Waals surface area contributed by atoms with Crippen LogP contribution in [-0.2, 0) is 18.4 Å². The second-order valence-corrected chi connectivity index (χ2v) is 17.1. The Morgan fingerprint density at radius 2 is 1.10 bits per heavy atom. The van der Waals surface area contributed by atoms with Crippen molar-refractivity contribution in [3.63, 3.8) is 0 Å². The number of phosphoric acid groups is 1. The number of quaternary nitrogens is 1. The largest absolute Gasteiger partial charge is 0.756 e. The summed E-state index contributed by atoms with van der Waals surface area (Å²) in [6, 6.07) is -0.797. The molecular formula is C41H83N2O6P. The summed E-state index contributed by atoms with van der Waals surface area (Å²) >= 11 is 0. The Bertz CT molecular complexity index is 834. The van der Waals surface area contributed by atoms with E-state index in [-0.39, 0.29) is 19.1 Å². The van der Waals surface area contributed by atoms with Crippen molar-refractivity contribution in [1.29, 1.82) is 0 Å². The lowest BCUT2D eigenvalue weighted by Crippen LogP contribution is -2.46. The number of aliphatic hydroxyl groups excluding tert-OH is 1. The highest BCUT2D eigenvalue weighted by atomic mass is 31.2. The molecule has 0 aliphatic rings. The van der Waals surface area contributed by atoms with Gasteiger partial charge in [0.25, 0.3) is 7.82 Å². The van der Waals surface area contributed by atoms with Crippen LogP contribution in [-0.4, -0.2) is 68.5 Å². The minimum absolute atomic E-state index is 0.0129. The number of rotatable bonds is 38. The van der Waals surface area contributed by atoms with E-state index in [9.17, 15) is 19.4 Å². The second kappa shape index (κ2) is 34.0. The number of likely N-dealkylation sites (N-methyl/N-ethyl adjacent to an activating group) is 1. The number of phosphoric ester groups is 1. The summed E-state index contributed by atoms with van der Waals surface area (Å²) in [6.45, 7) is 4.70. The summed E-state index contributed by atoms with van der Waals surface area (Å²) in [5.74, 6) is -0.170. The third kappa shape index (κ3) is 35.6. The van der Waals surface area contributed by atoms with Crippen LogP contribution in [0.1, 0.15) is 194 Å². The average molecular weight is 731 g/mol. The van der Waals surface area contributed by atoms with Crippen molar-refractivity contribution < 1.29 is 32.9 Å². The van der Waals surface area contributed by atoms with Crippen molar-refractivity contribution in [2.45, 2.75) is 206 Å². The quantitative estimate of drug-likeness (QED) is 0.0283. The molecule has 0 saturated carbocycles. The molecule has 0 aliphatic carbocycles. The first-order valence-corrected chi connectivity index (χ1v) is 22.5. The van der Waals surface area contributed by atoms with Gasteiger partial charge in [-0.1, -0.05) is 161 Å². The maximum Gasteiger partial charge on any atom is 0.268 e. The Morgan fingerprint density at radius 1 is 0.680 bits per heavy atom. The van der Waals surface area contributed by atoms with E-state index in [4.69, 9.17) is 9.05 Å². The molecule has 50 heavy (non-hydrogen) atoms. The number of nitrogens with zero attached hydrogens (tertiary/aromatic N) is 1. The predicted octanol–water partition coefficient (Wildman–Crippen LogP) is 10.6. The molecule has 0 spiro atoms. The van der Waals surface area contributed by atoms with E-state index in [0.717, 1.165) is 38.5 Å². The van der Waals surface area contributed by atoms with Crippen molar-refractivity contribution in [2.75, 3.05) is 40.9 Å². The number of unbranched alkanes of at least 4 members (excludes halogenated alkanes) is 23. The lowest BCUT2D eigenvalue weighted by Gasteiger charge is -2.30. The van der Waals surface area contributed by atoms with Gasteiger partial charge in [-0.25, -0.2) is 0 Å². The molecule has 0 fully saturated rings. The van der Waals surface area contributed by atoms with Gasteiger partial charge in [0.05, 0.1) is 39.9 Å². The van der Waals surface area contributed by atoms with Crippen LogP contribution in [0.5, 0.6) is 0 Å². The fourth-order valence-electron chi connectivity index (χ4n) is 6.09. The lowest BCUT2D eigenvalue weighted by atomic mass is 10.0. The second-order valence-electron chi connectivity index (χ2n) is 15.7. The van der Waals surface area contributed by atoms with Gasteiger partial charge < -0.3 is 28.8 Å². The van der Waals surface area contributed by atoms with Crippen molar-refractivity contribution in [3.8, 4) is 0 Å². The Labute approximate surface area is 310 Å². The first-order chi connectivity index (χ1) is 24.0. The zero-order chi connectivity index (χ0) is 37.2. The van der Waals surface area contributed by atoms with E-state index in [1.54, 1.807) is 0 Å². The number of hydrogen-bond acceptors (Lipinski definition) is 6. The van der Waals surface area contributed by atoms with Crippen LogP contribution in [0.25, 0.3) is 0 Å². The highest BCUT2D eigenvalue weighted by molar-refractivity contribution is 7.45. The molecule has 298 valence electrons. The van der Waals surface area contributed by atoms with Gasteiger partial charge in [0, 0.05) is 6.42 Å². The lowest BCUT2D eigenvalue weighted by molar-refractivity contribution is -0.870. The van der Waals surface area contributed by atoms with Gasteiger partial charge >= 0.3 is 0 Å². The topological polar surface area (TPSA) is 108 Å². The summed E-state index contributed by atoms with van der Waals surface area (Å²) < 4.78 is 23.2. The number of carbonyl (C=O) groups excluding carboxylic acids is 1. The molecule has 0 aromatic rings. The molecule has 0 radical (unpaired) electrons. The number of amides is 1. The van der Waals surface area contributed by atoms with E-state index < -0.39 is 20.0 Å². The maximum atomic E-state index is 12.8. The van der Waals surface area contributed by atoms with Crippen molar-refractivity contribution in [2.24, 2.45) is 0 Å². The van der Waals surface area contributed by atoms with Crippen LogP contribution in [0.15, 0.2) is 12.2 Å². The molecule has 1 amide bonds. The fraction of sp³-hybridized carbons (Fsp3) is 0.927. The Hall–Kier alpha value is -0.760. The van der Waals surface area contributed by atoms with E-state index in [1.165, 1.54) is 128 Å². The SMILES string of the molecule is CCCCCCCC/C=C\CCCCCCCCCC(=O)NC(COP(=O)([O-])OCC[N+](C)(C)C)C(O)CCCCCCCCCCCCC. The molecule has 3 atom stereocenters. The Morgan fingerprint density at radius 3 is 1.56 bits per heavy atom. The maximum absolute atomic E-state index is 12.8. The first kappa shape index (κ1) is 49.2. The summed E-state index contributed by atoms with van der Waals surface area (Å²) in [4.78, 5) is 25.2. The Balaban J connectivity index is 4.36. The number of aliphatic hydroxyl groups is 1. The van der Waals surface area contributed by atoms with Gasteiger partial charge in [-0.05, 0) is 38.5 Å². The summed E-state index contributed by atoms with van der Waals surface area (Å²) in [6.07, 6.45) is 36.3. The predicted molar refractivity (Wildman–Crippen MR) is 210 cm³/mol. The molecule has 0 aromatic carbocycles. The Kier molecular flexibility index (Phi) is 33.5. The van der Waals surface area contributed by atoms with E-state index in [2.05, 4.69) is 31.3 Å². The number of carbonyl (C=O) groups is 1. The van der Waals surface area contributed by atoms with Crippen LogP contribution in [0, 0.1) is 0 Å². The highest BCUT2D eigenvalue weighted by Crippen LogP contribution is 2.38. The first-order valence-electron chi connectivity index (χ1n) is 21.0. The fourth-order valence-corrected chi connectivity index (χ4v) is 6.81. The van der Waals surface area contributed by atoms with Crippen LogP contribution in [0.3, 0.4) is 0 Å². The smallest absolute Gasteiger partial charge is 0.268 e. The molecule has 3 unspecified atom stereocenters. The van der Waals surface area contributed by atoms with Crippen LogP contribution in [0.2, 0.25) is 0 Å². The number of nitrogens with one attached hydrogen (secondary N) is 1. The molecule has 8 nitrogen and oxygen atoms in total. The summed E-state index contributed by atoms with van der Waals surface area (Å²) in [5, 5.41) is 13.8. The zero-order valence-corrected chi connectivity index (χ0v) is 34.5. The minimum atomic E-state index is -4.55. The van der Waals surface area contributed by atoms with Crippen LogP contribution >= 0.6 is 7.82 Å². The molecule has 9 heteroatoms. The van der Waals surface area contributed by atoms with Crippen molar-refractivity contribution in [1.82, 2.24) is 5.32 Å². The highest BCUT2D eigenvalue weighted by Gasteiger charge is 2.24. The molecular weight excluding hydrogens is 647 g/mol. The van der Waals surface area contributed by atoms with Crippen molar-refractivity contribution in [3.05, 3.63) is 12.2 Å². The zero-order valence-electron chi connectivity index (χ0n) is 33.6. The minimum Gasteiger partial charge on any atom is -0.756 e. The number of allylic oxidation sites excluding steroid dienone is 2. The molecule has 0 aliphatic heterocycles. The van der Waals surface area contributed by atoms with Gasteiger partial charge in [0.2, 0.25) is 5.91 Å². The molecule has 0 saturated heterocycles. The van der Waals surface area contributed by atoms with E-state index in [1.807, 2.05) is 21.1 Å². The van der Waals surface area contributed by atoms with Crippen LogP contribution < -0.4 is 10.2 Å². The van der Waals surface area contributed by atoms with E-state index in [0.29, 0.717) is 23.9 Å². The number of hydrogen-bond donors (Lipinski definition) is 2. The molecule has 2 N–H and O–H groups in total. The summed E-state index contributed by atoms with van der Waals surface area (Å²) in [5.41, 5.74) is 0. The standard InChI is InChI=1S/C41H83N2O6P/c1-6-8-10-12-14-16-18-19-20-21-22-23-25-27-29-31-33-35-41(45)42-39(38-49-50(46,47)48-37-36-43(3,4)5)40(44)34-32-30-28-26-24-17-15-13-11-9-7-2/h19-20,39-40,44H,6-18,21-38H2,1-5H3,(H-,42,45,46,47)/b20-19-. The summed E-state index contributed by atoms with van der Waals surface area (Å²) in [7, 11) is 1.30.